The van der Waals surface area contributed by atoms with Crippen molar-refractivity contribution >= 4 is 11.9 Å². The molecule has 0 amide bonds. The molecule has 4 nitrogen and oxygen atoms in total. The average molecular weight is 194 g/mol. The third kappa shape index (κ3) is 5.68. The first kappa shape index (κ1) is 14.0. The van der Waals surface area contributed by atoms with Crippen LogP contribution in [0.25, 0.3) is 0 Å². The predicted molar refractivity (Wildman–Crippen MR) is 25.9 cm³/mol. The molecule has 0 aliphatic carbocycles. The monoisotopic (exact) mass is 194 g/mol. The largest absolute Gasteiger partial charge is 1.00 e. The Morgan fingerprint density at radius 2 is 1.73 bits per heavy atom. The fraction of sp³-hybridized carbons (Fsp3) is 0.500. The van der Waals surface area contributed by atoms with Gasteiger partial charge in [-0.3, -0.25) is 4.79 Å². The van der Waals surface area contributed by atoms with Gasteiger partial charge in [-0.25, -0.2) is 4.79 Å². The number of hydrogen-bond donors (Lipinski definition) is 2. The molecule has 0 saturated carbocycles. The Hall–Kier alpha value is 0.436. The second kappa shape index (κ2) is 5.15. The molecule has 0 saturated heterocycles. The van der Waals surface area contributed by atoms with Crippen LogP contribution in [0.3, 0.4) is 0 Å². The van der Waals surface area contributed by atoms with Crippen molar-refractivity contribution in [3.05, 3.63) is 0 Å². The second-order valence-electron chi connectivity index (χ2n) is 1.58. The molecule has 0 rings (SSSR count). The number of carboxylic acids is 2. The van der Waals surface area contributed by atoms with E-state index in [4.69, 9.17) is 10.2 Å². The molecule has 0 radical (unpaired) electrons. The van der Waals surface area contributed by atoms with E-state index < -0.39 is 24.3 Å². The van der Waals surface area contributed by atoms with Gasteiger partial charge in [-0.05, 0) is 0 Å². The molecule has 0 bridgehead atoms. The van der Waals surface area contributed by atoms with Crippen LogP contribution >= 0.6 is 0 Å². The van der Waals surface area contributed by atoms with Crippen molar-refractivity contribution in [3.8, 4) is 0 Å². The Labute approximate surface area is 104 Å². The quantitative estimate of drug-likeness (QED) is 0.479. The van der Waals surface area contributed by atoms with Crippen molar-refractivity contribution in [2.45, 2.75) is 12.3 Å². The van der Waals surface area contributed by atoms with Crippen molar-refractivity contribution in [2.24, 2.45) is 0 Å². The van der Waals surface area contributed by atoms with E-state index in [1.165, 1.54) is 0 Å². The Morgan fingerprint density at radius 3 is 1.82 bits per heavy atom. The number of hydrogen-bond acceptors (Lipinski definition) is 2. The van der Waals surface area contributed by atoms with E-state index in [1.807, 2.05) is 0 Å². The molecule has 0 aliphatic rings. The van der Waals surface area contributed by atoms with Gasteiger partial charge in [-0.2, -0.15) is 8.78 Å². The third-order valence-electron chi connectivity index (χ3n) is 0.686. The molecule has 0 aromatic carbocycles. The molecule has 60 valence electrons. The minimum Gasteiger partial charge on any atom is -1.00 e. The van der Waals surface area contributed by atoms with Crippen LogP contribution in [0.15, 0.2) is 0 Å². The molecule has 11 heavy (non-hydrogen) atoms. The molecule has 0 spiro atoms. The van der Waals surface area contributed by atoms with E-state index in [9.17, 15) is 18.4 Å². The van der Waals surface area contributed by atoms with E-state index in [1.54, 1.807) is 0 Å². The molecule has 0 fully saturated rings. The number of halogens is 2. The summed E-state index contributed by atoms with van der Waals surface area (Å²) >= 11 is 0. The molecule has 7 heteroatoms. The Balaban J connectivity index is -0.000000405. The summed E-state index contributed by atoms with van der Waals surface area (Å²) in [5.74, 6) is -8.42. The molecular weight excluding hydrogens is 189 g/mol. The van der Waals surface area contributed by atoms with Gasteiger partial charge in [0.25, 0.3) is 0 Å². The Kier molecular flexibility index (Phi) is 6.55. The zero-order valence-corrected chi connectivity index (χ0v) is 8.80. The predicted octanol–water partition coefficient (Wildman–Crippen LogP) is -2.70. The molecule has 0 aromatic rings. The summed E-state index contributed by atoms with van der Waals surface area (Å²) in [6, 6.07) is 0. The first-order valence-corrected chi connectivity index (χ1v) is 2.19. The van der Waals surface area contributed by atoms with E-state index in [0.717, 1.165) is 0 Å². The summed E-state index contributed by atoms with van der Waals surface area (Å²) in [4.78, 5) is 19.1. The maximum absolute atomic E-state index is 11.8. The van der Waals surface area contributed by atoms with E-state index in [-0.39, 0.29) is 52.8 Å². The molecule has 0 heterocycles. The summed E-state index contributed by atoms with van der Waals surface area (Å²) in [6.07, 6.45) is -1.68. The van der Waals surface area contributed by atoms with Crippen LogP contribution in [0.1, 0.15) is 7.85 Å². The first-order chi connectivity index (χ1) is 4.36. The van der Waals surface area contributed by atoms with Crippen LogP contribution in [0.2, 0.25) is 0 Å². The van der Waals surface area contributed by atoms with Crippen LogP contribution in [0.4, 0.5) is 8.78 Å². The summed E-state index contributed by atoms with van der Waals surface area (Å²) in [6.45, 7) is 0. The minimum atomic E-state index is -4.16. The van der Waals surface area contributed by atoms with Crippen molar-refractivity contribution in [1.29, 1.82) is 0 Å². The maximum Gasteiger partial charge on any atom is 1.00 e. The average Bonchev–Trinajstić information content (AvgIpc) is 1.60. The van der Waals surface area contributed by atoms with Gasteiger partial charge in [0.05, 0.1) is 0 Å². The maximum atomic E-state index is 11.8. The van der Waals surface area contributed by atoms with Crippen molar-refractivity contribution in [3.63, 3.8) is 0 Å². The molecule has 2 N–H and O–H groups in total. The Bertz CT molecular complexity index is 174. The van der Waals surface area contributed by atoms with Gasteiger partial charge in [0.2, 0.25) is 0 Å². The Morgan fingerprint density at radius 1 is 1.36 bits per heavy atom. The normalized spacial score (nSPS) is 10.0. The summed E-state index contributed by atoms with van der Waals surface area (Å²) in [5.41, 5.74) is 0. The van der Waals surface area contributed by atoms with Crippen molar-refractivity contribution < 1.29 is 81.4 Å². The minimum absolute atomic E-state index is 0. The van der Waals surface area contributed by atoms with Crippen LogP contribution in [-0.2, 0) is 9.59 Å². The van der Waals surface area contributed by atoms with Gasteiger partial charge in [0.1, 0.15) is 6.42 Å². The van der Waals surface area contributed by atoms with Crippen molar-refractivity contribution in [1.82, 2.24) is 0 Å². The van der Waals surface area contributed by atoms with E-state index in [0.29, 0.717) is 0 Å². The SMILES string of the molecule is O=C(O)CC(F)(F)C(=O)O.[H-].[K+]. The number of carboxylic acid groups (broad SMARTS) is 2. The van der Waals surface area contributed by atoms with Gasteiger partial charge >= 0.3 is 69.2 Å². The number of rotatable bonds is 3. The fourth-order valence-electron chi connectivity index (χ4n) is 0.266. The second-order valence-corrected chi connectivity index (χ2v) is 1.58. The summed E-state index contributed by atoms with van der Waals surface area (Å²) in [7, 11) is 0. The van der Waals surface area contributed by atoms with Gasteiger partial charge in [0.15, 0.2) is 0 Å². The van der Waals surface area contributed by atoms with Crippen LogP contribution < -0.4 is 51.4 Å². The van der Waals surface area contributed by atoms with Crippen LogP contribution in [0, 0.1) is 0 Å². The molecule has 0 aliphatic heterocycles. The number of aliphatic carboxylic acids is 2. The first-order valence-electron chi connectivity index (χ1n) is 2.19. The summed E-state index contributed by atoms with van der Waals surface area (Å²) in [5, 5.41) is 15.4. The summed E-state index contributed by atoms with van der Waals surface area (Å²) < 4.78 is 23.6. The van der Waals surface area contributed by atoms with Crippen LogP contribution in [-0.4, -0.2) is 28.1 Å². The van der Waals surface area contributed by atoms with Crippen LogP contribution in [0.5, 0.6) is 0 Å². The van der Waals surface area contributed by atoms with E-state index >= 15 is 0 Å². The zero-order chi connectivity index (χ0) is 8.36. The van der Waals surface area contributed by atoms with Crippen molar-refractivity contribution in [2.75, 3.05) is 0 Å². The fourth-order valence-corrected chi connectivity index (χ4v) is 0.266. The standard InChI is InChI=1S/C4H4F2O4.K.H/c5-4(6,3(9)10)1-2(7)8;;/h1H2,(H,7,8)(H,9,10);;/q;+1;-1. The topological polar surface area (TPSA) is 74.6 Å². The molecule has 0 unspecified atom stereocenters. The molecule has 0 atom stereocenters. The third-order valence-corrected chi connectivity index (χ3v) is 0.686. The zero-order valence-electron chi connectivity index (χ0n) is 6.67. The van der Waals surface area contributed by atoms with Gasteiger partial charge in [-0.1, -0.05) is 0 Å². The molecule has 0 aromatic heterocycles. The molecular formula is C4H5F2KO4. The van der Waals surface area contributed by atoms with E-state index in [2.05, 4.69) is 0 Å². The van der Waals surface area contributed by atoms with Gasteiger partial charge < -0.3 is 11.6 Å². The van der Waals surface area contributed by atoms with Gasteiger partial charge in [0, 0.05) is 0 Å². The number of carbonyl (C=O) groups is 2. The number of alkyl halides is 2. The van der Waals surface area contributed by atoms with Gasteiger partial charge in [-0.15, -0.1) is 0 Å². The smallest absolute Gasteiger partial charge is 1.00 e.